The summed E-state index contributed by atoms with van der Waals surface area (Å²) in [5.41, 5.74) is 1.91. The van der Waals surface area contributed by atoms with Gasteiger partial charge >= 0.3 is 0 Å². The van der Waals surface area contributed by atoms with Crippen molar-refractivity contribution in [2.24, 2.45) is 5.92 Å². The molecule has 1 nitrogen and oxygen atoms in total. The molecule has 1 aliphatic rings. The summed E-state index contributed by atoms with van der Waals surface area (Å²) in [6, 6.07) is 8.56. The van der Waals surface area contributed by atoms with Crippen LogP contribution in [0, 0.1) is 5.92 Å². The topological polar surface area (TPSA) is 20.2 Å². The van der Waals surface area contributed by atoms with Gasteiger partial charge in [0.1, 0.15) is 0 Å². The molecule has 18 heavy (non-hydrogen) atoms. The Balaban J connectivity index is 2.03. The summed E-state index contributed by atoms with van der Waals surface area (Å²) in [4.78, 5) is 0. The minimum Gasteiger partial charge on any atom is -0.385 e. The summed E-state index contributed by atoms with van der Waals surface area (Å²) >= 11 is 0. The Morgan fingerprint density at radius 1 is 1.11 bits per heavy atom. The number of aryl methyl sites for hydroxylation is 1. The zero-order valence-electron chi connectivity index (χ0n) is 11.8. The number of hydrogen-bond acceptors (Lipinski definition) is 1. The van der Waals surface area contributed by atoms with E-state index in [1.54, 1.807) is 0 Å². The lowest BCUT2D eigenvalue weighted by Crippen LogP contribution is -2.31. The van der Waals surface area contributed by atoms with Crippen LogP contribution in [0.4, 0.5) is 0 Å². The summed E-state index contributed by atoms with van der Waals surface area (Å²) in [7, 11) is 0. The molecule has 1 heteroatoms. The van der Waals surface area contributed by atoms with Crippen molar-refractivity contribution in [3.05, 3.63) is 35.4 Å². The molecule has 0 radical (unpaired) electrons. The first-order valence-corrected chi connectivity index (χ1v) is 7.49. The molecule has 1 saturated carbocycles. The lowest BCUT2D eigenvalue weighted by Gasteiger charge is -2.36. The maximum atomic E-state index is 10.8. The minimum absolute atomic E-state index is 0.559. The molecule has 2 rings (SSSR count). The van der Waals surface area contributed by atoms with Gasteiger partial charge in [0, 0.05) is 0 Å². The van der Waals surface area contributed by atoms with Crippen LogP contribution < -0.4 is 0 Å². The third kappa shape index (κ3) is 2.95. The number of benzene rings is 1. The third-order valence-electron chi connectivity index (χ3n) is 4.53. The molecule has 0 spiro atoms. The van der Waals surface area contributed by atoms with Crippen LogP contribution in [0.1, 0.15) is 63.5 Å². The molecule has 1 aromatic carbocycles. The van der Waals surface area contributed by atoms with E-state index < -0.39 is 5.60 Å². The molecular formula is C17H26O. The van der Waals surface area contributed by atoms with Crippen LogP contribution in [-0.4, -0.2) is 5.11 Å². The van der Waals surface area contributed by atoms with Gasteiger partial charge in [0.05, 0.1) is 5.60 Å². The van der Waals surface area contributed by atoms with Gasteiger partial charge in [0.25, 0.3) is 0 Å². The quantitative estimate of drug-likeness (QED) is 0.833. The lowest BCUT2D eigenvalue weighted by atomic mass is 9.74. The molecule has 0 amide bonds. The van der Waals surface area contributed by atoms with Crippen LogP contribution >= 0.6 is 0 Å². The first-order valence-electron chi connectivity index (χ1n) is 7.49. The van der Waals surface area contributed by atoms with E-state index in [-0.39, 0.29) is 0 Å². The monoisotopic (exact) mass is 246 g/mol. The number of rotatable bonds is 4. The van der Waals surface area contributed by atoms with Crippen molar-refractivity contribution >= 4 is 0 Å². The van der Waals surface area contributed by atoms with Gasteiger partial charge in [-0.2, -0.15) is 0 Å². The minimum atomic E-state index is -0.559. The molecule has 100 valence electrons. The zero-order chi connectivity index (χ0) is 13.0. The average molecular weight is 246 g/mol. The highest BCUT2D eigenvalue weighted by atomic mass is 16.3. The average Bonchev–Trinajstić information content (AvgIpc) is 2.42. The Labute approximate surface area is 111 Å². The maximum absolute atomic E-state index is 10.8. The fraction of sp³-hybridized carbons (Fsp3) is 0.647. The summed E-state index contributed by atoms with van der Waals surface area (Å²) < 4.78 is 0. The molecule has 1 aromatic rings. The standard InChI is InChI=1S/C17H26O/c1-3-5-15-10-12-17(18,13-11-15)16-8-6-14(4-2)7-9-16/h6-9,15,18H,3-5,10-13H2,1-2H3/t15-,17+. The Hall–Kier alpha value is -0.820. The number of aliphatic hydroxyl groups is 1. The molecule has 1 N–H and O–H groups in total. The van der Waals surface area contributed by atoms with Gasteiger partial charge in [-0.05, 0) is 49.1 Å². The fourth-order valence-corrected chi connectivity index (χ4v) is 3.19. The van der Waals surface area contributed by atoms with Crippen molar-refractivity contribution in [3.63, 3.8) is 0 Å². The van der Waals surface area contributed by atoms with E-state index in [1.807, 2.05) is 0 Å². The van der Waals surface area contributed by atoms with Crippen LogP contribution in [0.3, 0.4) is 0 Å². The zero-order valence-corrected chi connectivity index (χ0v) is 11.8. The van der Waals surface area contributed by atoms with Gasteiger partial charge in [0.15, 0.2) is 0 Å². The molecule has 0 aliphatic heterocycles. The van der Waals surface area contributed by atoms with Crippen molar-refractivity contribution in [1.82, 2.24) is 0 Å². The maximum Gasteiger partial charge on any atom is 0.0896 e. The van der Waals surface area contributed by atoms with Gasteiger partial charge in [-0.1, -0.05) is 51.0 Å². The molecule has 0 atom stereocenters. The summed E-state index contributed by atoms with van der Waals surface area (Å²) in [6.45, 7) is 4.42. The molecule has 0 aromatic heterocycles. The van der Waals surface area contributed by atoms with Crippen molar-refractivity contribution in [3.8, 4) is 0 Å². The second-order valence-electron chi connectivity index (χ2n) is 5.81. The van der Waals surface area contributed by atoms with E-state index in [1.165, 1.54) is 31.2 Å². The molecule has 0 unspecified atom stereocenters. The SMILES string of the molecule is CCC[C@H]1CC[C@](O)(c2ccc(CC)cc2)CC1. The van der Waals surface area contributed by atoms with Crippen molar-refractivity contribution < 1.29 is 5.11 Å². The van der Waals surface area contributed by atoms with E-state index in [9.17, 15) is 5.11 Å². The normalized spacial score (nSPS) is 28.3. The highest BCUT2D eigenvalue weighted by molar-refractivity contribution is 5.27. The molecule has 0 heterocycles. The summed E-state index contributed by atoms with van der Waals surface area (Å²) in [6.07, 6.45) is 7.89. The smallest absolute Gasteiger partial charge is 0.0896 e. The molecule has 1 aliphatic carbocycles. The second-order valence-corrected chi connectivity index (χ2v) is 5.81. The van der Waals surface area contributed by atoms with Crippen molar-refractivity contribution in [2.45, 2.75) is 64.4 Å². The number of hydrogen-bond donors (Lipinski definition) is 1. The molecule has 1 fully saturated rings. The van der Waals surface area contributed by atoms with Gasteiger partial charge < -0.3 is 5.11 Å². The Morgan fingerprint density at radius 3 is 2.22 bits per heavy atom. The lowest BCUT2D eigenvalue weighted by molar-refractivity contribution is -0.0152. The van der Waals surface area contributed by atoms with Gasteiger partial charge in [-0.25, -0.2) is 0 Å². The summed E-state index contributed by atoms with van der Waals surface area (Å²) in [5.74, 6) is 0.838. The predicted octanol–water partition coefficient (Wildman–Crippen LogP) is 4.43. The largest absolute Gasteiger partial charge is 0.385 e. The highest BCUT2D eigenvalue weighted by Crippen LogP contribution is 2.40. The van der Waals surface area contributed by atoms with Crippen LogP contribution in [0.15, 0.2) is 24.3 Å². The summed E-state index contributed by atoms with van der Waals surface area (Å²) in [5, 5.41) is 10.8. The van der Waals surface area contributed by atoms with E-state index in [0.717, 1.165) is 30.7 Å². The van der Waals surface area contributed by atoms with Crippen LogP contribution in [0.2, 0.25) is 0 Å². The van der Waals surface area contributed by atoms with Crippen LogP contribution in [-0.2, 0) is 12.0 Å². The van der Waals surface area contributed by atoms with Gasteiger partial charge in [-0.15, -0.1) is 0 Å². The van der Waals surface area contributed by atoms with Crippen molar-refractivity contribution in [2.75, 3.05) is 0 Å². The molecule has 0 saturated heterocycles. The molecule has 0 bridgehead atoms. The predicted molar refractivity (Wildman–Crippen MR) is 76.6 cm³/mol. The fourth-order valence-electron chi connectivity index (χ4n) is 3.19. The van der Waals surface area contributed by atoms with E-state index >= 15 is 0 Å². The highest BCUT2D eigenvalue weighted by Gasteiger charge is 2.34. The Bertz CT molecular complexity index is 358. The van der Waals surface area contributed by atoms with Gasteiger partial charge in [0.2, 0.25) is 0 Å². The first-order chi connectivity index (χ1) is 8.68. The van der Waals surface area contributed by atoms with Crippen molar-refractivity contribution in [1.29, 1.82) is 0 Å². The first kappa shape index (κ1) is 13.6. The van der Waals surface area contributed by atoms with Crippen LogP contribution in [0.25, 0.3) is 0 Å². The second kappa shape index (κ2) is 5.88. The van der Waals surface area contributed by atoms with E-state index in [0.29, 0.717) is 0 Å². The van der Waals surface area contributed by atoms with E-state index in [2.05, 4.69) is 38.1 Å². The van der Waals surface area contributed by atoms with Gasteiger partial charge in [-0.3, -0.25) is 0 Å². The Kier molecular flexibility index (Phi) is 4.45. The van der Waals surface area contributed by atoms with Crippen LogP contribution in [0.5, 0.6) is 0 Å². The van der Waals surface area contributed by atoms with E-state index in [4.69, 9.17) is 0 Å². The third-order valence-corrected chi connectivity index (χ3v) is 4.53. The molecular weight excluding hydrogens is 220 g/mol. The Morgan fingerprint density at radius 2 is 1.72 bits per heavy atom.